The molecule has 0 unspecified atom stereocenters. The molecule has 2 rings (SSSR count). The number of para-hydroxylation sites is 1. The van der Waals surface area contributed by atoms with Crippen LogP contribution < -0.4 is 4.72 Å². The number of nitrogens with zero attached hydrogens (tertiary/aromatic N) is 1. The maximum Gasteiger partial charge on any atom is 0.304 e. The topological polar surface area (TPSA) is 96.4 Å². The van der Waals surface area contributed by atoms with Gasteiger partial charge in [-0.1, -0.05) is 18.2 Å². The van der Waals surface area contributed by atoms with Gasteiger partial charge in [-0.2, -0.15) is 0 Å². The minimum Gasteiger partial charge on any atom is -0.481 e. The summed E-state index contributed by atoms with van der Waals surface area (Å²) in [6, 6.07) is 8.31. The summed E-state index contributed by atoms with van der Waals surface area (Å²) in [5.74, 6) is -1.06. The Morgan fingerprint density at radius 2 is 2.00 bits per heavy atom. The third kappa shape index (κ3) is 3.07. The number of hydrogen-bond acceptors (Lipinski definition) is 4. The van der Waals surface area contributed by atoms with Gasteiger partial charge in [-0.15, -0.1) is 0 Å². The van der Waals surface area contributed by atoms with Crippen LogP contribution in [0.15, 0.2) is 41.4 Å². The van der Waals surface area contributed by atoms with Gasteiger partial charge >= 0.3 is 5.97 Å². The zero-order valence-electron chi connectivity index (χ0n) is 9.91. The van der Waals surface area contributed by atoms with Crippen LogP contribution in [-0.2, 0) is 14.8 Å². The zero-order valence-corrected chi connectivity index (χ0v) is 10.7. The number of fused-ring (bicyclic) bond motifs is 1. The first-order valence-corrected chi connectivity index (χ1v) is 7.04. The molecule has 1 heterocycles. The van der Waals surface area contributed by atoms with Crippen molar-refractivity contribution in [3.05, 3.63) is 36.5 Å². The molecule has 0 radical (unpaired) electrons. The fourth-order valence-electron chi connectivity index (χ4n) is 1.66. The number of hydrogen-bond donors (Lipinski definition) is 2. The van der Waals surface area contributed by atoms with Crippen molar-refractivity contribution in [3.63, 3.8) is 0 Å². The second-order valence-corrected chi connectivity index (χ2v) is 5.61. The molecule has 0 aliphatic heterocycles. The van der Waals surface area contributed by atoms with E-state index in [1.165, 1.54) is 12.3 Å². The first-order chi connectivity index (χ1) is 9.00. The van der Waals surface area contributed by atoms with Gasteiger partial charge < -0.3 is 5.11 Å². The van der Waals surface area contributed by atoms with E-state index in [1.54, 1.807) is 24.3 Å². The summed E-state index contributed by atoms with van der Waals surface area (Å²) < 4.78 is 26.4. The molecule has 6 nitrogen and oxygen atoms in total. The monoisotopic (exact) mass is 280 g/mol. The summed E-state index contributed by atoms with van der Waals surface area (Å²) in [6.45, 7) is -0.152. The second-order valence-electron chi connectivity index (χ2n) is 3.87. The molecule has 0 bridgehead atoms. The molecule has 2 N–H and O–H groups in total. The molecular weight excluding hydrogens is 268 g/mol. The van der Waals surface area contributed by atoms with Gasteiger partial charge in [-0.25, -0.2) is 13.1 Å². The van der Waals surface area contributed by atoms with Gasteiger partial charge in [-0.3, -0.25) is 9.78 Å². The van der Waals surface area contributed by atoms with Crippen LogP contribution in [0.25, 0.3) is 10.9 Å². The Kier molecular flexibility index (Phi) is 3.77. The lowest BCUT2D eigenvalue weighted by Gasteiger charge is -2.07. The zero-order chi connectivity index (χ0) is 13.9. The summed E-state index contributed by atoms with van der Waals surface area (Å²) in [4.78, 5) is 14.5. The van der Waals surface area contributed by atoms with Gasteiger partial charge in [0.25, 0.3) is 0 Å². The van der Waals surface area contributed by atoms with Crippen LogP contribution in [0.2, 0.25) is 0 Å². The Bertz CT molecular complexity index is 707. The summed E-state index contributed by atoms with van der Waals surface area (Å²) >= 11 is 0. The van der Waals surface area contributed by atoms with E-state index in [0.717, 1.165) is 0 Å². The highest BCUT2D eigenvalue weighted by molar-refractivity contribution is 7.89. The molecular formula is C12H12N2O4S. The Morgan fingerprint density at radius 3 is 2.74 bits per heavy atom. The molecule has 0 saturated heterocycles. The van der Waals surface area contributed by atoms with E-state index < -0.39 is 16.0 Å². The van der Waals surface area contributed by atoms with Crippen LogP contribution >= 0.6 is 0 Å². The van der Waals surface area contributed by atoms with Gasteiger partial charge in [0.15, 0.2) is 0 Å². The molecule has 0 fully saturated rings. The van der Waals surface area contributed by atoms with Crippen LogP contribution in [0.3, 0.4) is 0 Å². The maximum absolute atomic E-state index is 12.1. The number of aromatic nitrogens is 1. The highest BCUT2D eigenvalue weighted by Crippen LogP contribution is 2.20. The minimum absolute atomic E-state index is 0.0518. The van der Waals surface area contributed by atoms with E-state index >= 15 is 0 Å². The van der Waals surface area contributed by atoms with Crippen molar-refractivity contribution in [2.75, 3.05) is 6.54 Å². The van der Waals surface area contributed by atoms with Crippen molar-refractivity contribution in [3.8, 4) is 0 Å². The average molecular weight is 280 g/mol. The normalized spacial score (nSPS) is 11.6. The van der Waals surface area contributed by atoms with Gasteiger partial charge in [-0.05, 0) is 12.1 Å². The maximum atomic E-state index is 12.1. The predicted molar refractivity (Wildman–Crippen MR) is 69.2 cm³/mol. The molecule has 0 saturated carbocycles. The molecule has 19 heavy (non-hydrogen) atoms. The molecule has 1 aromatic heterocycles. The first kappa shape index (κ1) is 13.4. The smallest absolute Gasteiger partial charge is 0.304 e. The Morgan fingerprint density at radius 1 is 1.26 bits per heavy atom. The second kappa shape index (κ2) is 5.33. The van der Waals surface area contributed by atoms with Crippen molar-refractivity contribution in [1.29, 1.82) is 0 Å². The van der Waals surface area contributed by atoms with Crippen LogP contribution in [0.4, 0.5) is 0 Å². The molecule has 0 spiro atoms. The lowest BCUT2D eigenvalue weighted by Crippen LogP contribution is -2.26. The van der Waals surface area contributed by atoms with Crippen LogP contribution in [0, 0.1) is 0 Å². The number of pyridine rings is 1. The first-order valence-electron chi connectivity index (χ1n) is 5.56. The number of sulfonamides is 1. The fourth-order valence-corrected chi connectivity index (χ4v) is 2.87. The summed E-state index contributed by atoms with van der Waals surface area (Å²) in [5, 5.41) is 9.22. The SMILES string of the molecule is O=C(O)CCNS(=O)(=O)c1cccc2cccnc12. The number of carboxylic acids is 1. The van der Waals surface area contributed by atoms with Crippen LogP contribution in [0.1, 0.15) is 6.42 Å². The van der Waals surface area contributed by atoms with Crippen LogP contribution in [0.5, 0.6) is 0 Å². The molecule has 0 atom stereocenters. The Labute approximate surface area is 110 Å². The van der Waals surface area contributed by atoms with Crippen molar-refractivity contribution in [2.45, 2.75) is 11.3 Å². The van der Waals surface area contributed by atoms with Crippen molar-refractivity contribution < 1.29 is 18.3 Å². The average Bonchev–Trinajstić information content (AvgIpc) is 2.37. The largest absolute Gasteiger partial charge is 0.481 e. The molecule has 2 aromatic rings. The van der Waals surface area contributed by atoms with Crippen molar-refractivity contribution >= 4 is 26.9 Å². The molecule has 1 aromatic carbocycles. The lowest BCUT2D eigenvalue weighted by atomic mass is 10.2. The minimum atomic E-state index is -3.76. The number of rotatable bonds is 5. The Balaban J connectivity index is 2.35. The van der Waals surface area contributed by atoms with E-state index in [9.17, 15) is 13.2 Å². The van der Waals surface area contributed by atoms with Crippen LogP contribution in [-0.4, -0.2) is 31.0 Å². The van der Waals surface area contributed by atoms with E-state index in [-0.39, 0.29) is 17.9 Å². The lowest BCUT2D eigenvalue weighted by molar-refractivity contribution is -0.136. The summed E-state index contributed by atoms with van der Waals surface area (Å²) in [5.41, 5.74) is 0.368. The Hall–Kier alpha value is -1.99. The predicted octanol–water partition coefficient (Wildman–Crippen LogP) is 0.988. The summed E-state index contributed by atoms with van der Waals surface area (Å²) in [7, 11) is -3.76. The summed E-state index contributed by atoms with van der Waals surface area (Å²) in [6.07, 6.45) is 1.25. The standard InChI is InChI=1S/C12H12N2O4S/c15-11(16)6-8-14-19(17,18)10-5-1-3-9-4-2-7-13-12(9)10/h1-5,7,14H,6,8H2,(H,15,16). The van der Waals surface area contributed by atoms with E-state index in [4.69, 9.17) is 5.11 Å². The van der Waals surface area contributed by atoms with Crippen molar-refractivity contribution in [1.82, 2.24) is 9.71 Å². The number of carbonyl (C=O) groups is 1. The fraction of sp³-hybridized carbons (Fsp3) is 0.167. The molecule has 7 heteroatoms. The number of nitrogens with one attached hydrogen (secondary N) is 1. The van der Waals surface area contributed by atoms with Crippen molar-refractivity contribution in [2.24, 2.45) is 0 Å². The highest BCUT2D eigenvalue weighted by Gasteiger charge is 2.17. The number of carboxylic acid groups (broad SMARTS) is 1. The third-order valence-electron chi connectivity index (χ3n) is 2.52. The number of aliphatic carboxylic acids is 1. The highest BCUT2D eigenvalue weighted by atomic mass is 32.2. The van der Waals surface area contributed by atoms with E-state index in [2.05, 4.69) is 9.71 Å². The molecule has 0 aliphatic rings. The molecule has 0 amide bonds. The van der Waals surface area contributed by atoms with E-state index in [0.29, 0.717) is 10.9 Å². The van der Waals surface area contributed by atoms with Gasteiger partial charge in [0, 0.05) is 18.1 Å². The van der Waals surface area contributed by atoms with Gasteiger partial charge in [0.1, 0.15) is 4.90 Å². The van der Waals surface area contributed by atoms with Gasteiger partial charge in [0.2, 0.25) is 10.0 Å². The molecule has 0 aliphatic carbocycles. The van der Waals surface area contributed by atoms with Gasteiger partial charge in [0.05, 0.1) is 11.9 Å². The van der Waals surface area contributed by atoms with E-state index in [1.807, 2.05) is 0 Å². The third-order valence-corrected chi connectivity index (χ3v) is 4.01. The quantitative estimate of drug-likeness (QED) is 0.851. The molecule has 100 valence electrons. The number of benzene rings is 1.